The van der Waals surface area contributed by atoms with E-state index in [1.165, 1.54) is 12.1 Å². The predicted octanol–water partition coefficient (Wildman–Crippen LogP) is 7.68. The number of carbonyl (C=O) groups excluding carboxylic acids is 3. The van der Waals surface area contributed by atoms with E-state index in [0.717, 1.165) is 64.9 Å². The lowest BCUT2D eigenvalue weighted by atomic mass is 10.0. The molecule has 544 valence electrons. The Kier molecular flexibility index (Phi) is 35.8. The first-order valence-corrected chi connectivity index (χ1v) is 35.2. The van der Waals surface area contributed by atoms with Gasteiger partial charge in [-0.1, -0.05) is 79.3 Å². The largest absolute Gasteiger partial charge is 0.491 e. The van der Waals surface area contributed by atoms with Gasteiger partial charge in [0.25, 0.3) is 0 Å². The van der Waals surface area contributed by atoms with Gasteiger partial charge >= 0.3 is 17.9 Å². The quantitative estimate of drug-likeness (QED) is 0.0188. The van der Waals surface area contributed by atoms with E-state index in [-0.39, 0.29) is 68.1 Å². The fourth-order valence-electron chi connectivity index (χ4n) is 10.6. The van der Waals surface area contributed by atoms with E-state index in [2.05, 4.69) is 43.3 Å². The average molecular weight is 1410 g/mol. The number of para-hydroxylation sites is 1. The van der Waals surface area contributed by atoms with Gasteiger partial charge in [0.2, 0.25) is 11.8 Å². The highest BCUT2D eigenvalue weighted by atomic mass is 32.2. The number of fused-ring (bicyclic) bond motifs is 3. The van der Waals surface area contributed by atoms with Gasteiger partial charge in [0, 0.05) is 72.8 Å². The van der Waals surface area contributed by atoms with Crippen molar-refractivity contribution in [2.45, 2.75) is 87.4 Å². The zero-order chi connectivity index (χ0) is 69.3. The molecule has 28 heteroatoms. The highest BCUT2D eigenvalue weighted by Crippen LogP contribution is 2.52. The van der Waals surface area contributed by atoms with Gasteiger partial charge in [0.15, 0.2) is 0 Å². The van der Waals surface area contributed by atoms with Crippen LogP contribution in [0, 0.1) is 11.8 Å². The van der Waals surface area contributed by atoms with E-state index in [0.29, 0.717) is 195 Å². The number of hydrogen-bond donors (Lipinski definition) is 4. The molecule has 2 saturated heterocycles. The van der Waals surface area contributed by atoms with Crippen LogP contribution in [-0.2, 0) is 91.8 Å². The van der Waals surface area contributed by atoms with Crippen molar-refractivity contribution in [2.24, 2.45) is 10.2 Å². The van der Waals surface area contributed by atoms with Crippen molar-refractivity contribution in [3.8, 4) is 23.3 Å². The summed E-state index contributed by atoms with van der Waals surface area (Å²) in [5.74, 6) is 8.37. The summed E-state index contributed by atoms with van der Waals surface area (Å²) in [5.41, 5.74) is 2.62. The van der Waals surface area contributed by atoms with Gasteiger partial charge in [-0.05, 0) is 59.9 Å². The molecule has 4 aliphatic rings. The third-order valence-corrected chi connectivity index (χ3v) is 17.4. The van der Waals surface area contributed by atoms with Crippen LogP contribution in [0.25, 0.3) is 0 Å². The molecule has 0 unspecified atom stereocenters. The van der Waals surface area contributed by atoms with Gasteiger partial charge < -0.3 is 92.5 Å². The molecular formula is C71H96F3N7O17S. The number of carbonyl (C=O) groups is 3. The number of ether oxygens (including phenoxy) is 14. The normalized spacial score (nSPS) is 16.4. The third kappa shape index (κ3) is 29.2. The Morgan fingerprint density at radius 3 is 1.68 bits per heavy atom. The van der Waals surface area contributed by atoms with Gasteiger partial charge in [-0.3, -0.25) is 9.59 Å². The topological polar surface area (TPSA) is 257 Å². The van der Waals surface area contributed by atoms with Crippen LogP contribution >= 0.6 is 11.8 Å². The summed E-state index contributed by atoms with van der Waals surface area (Å²) in [6.45, 7) is 11.9. The van der Waals surface area contributed by atoms with Gasteiger partial charge in [-0.2, -0.15) is 24.9 Å². The van der Waals surface area contributed by atoms with E-state index in [1.807, 2.05) is 78.5 Å². The standard InChI is InChI=1S/C71H96F3N7O17S/c72-71(73,74)70(79-80-70)60-17-13-55(14-18-60)53-96-43-42-93-37-36-92-39-41-95-45-47-98-62-49-56(48-61(50-62)97-46-44-94-40-38-91-35-32-88-29-26-85-23-7-1-2-12-65-68-63(54-99-65)77-69(84)78-68)51-75-22-25-87-28-31-90-34-33-89-30-27-86-24-20-66(82)76-21-19-67(83)81-52-59-10-4-3-8-57(59)15-16-58-9-5-6-11-64(58)81/h3-6,8-11,13-14,17-18,48-50,63,65,68,75H,1-2,7,12,19-47,51-54H2,(H,76,82)(H2,77,78,84)/t63-,65-,68-/m0/s1. The Balaban J connectivity index is 0.608. The summed E-state index contributed by atoms with van der Waals surface area (Å²) in [6, 6.07) is 27.5. The number of nitrogens with zero attached hydrogens (tertiary/aromatic N) is 3. The van der Waals surface area contributed by atoms with Gasteiger partial charge in [0.05, 0.1) is 176 Å². The molecule has 4 aromatic carbocycles. The van der Waals surface area contributed by atoms with Crippen LogP contribution in [0.5, 0.6) is 11.5 Å². The lowest BCUT2D eigenvalue weighted by Gasteiger charge is -2.26. The molecule has 99 heavy (non-hydrogen) atoms. The number of benzene rings is 4. The van der Waals surface area contributed by atoms with E-state index >= 15 is 0 Å². The van der Waals surface area contributed by atoms with Crippen molar-refractivity contribution >= 4 is 35.3 Å². The Hall–Kier alpha value is -6.53. The van der Waals surface area contributed by atoms with Gasteiger partial charge in [-0.15, -0.1) is 10.2 Å². The summed E-state index contributed by atoms with van der Waals surface area (Å²) in [7, 11) is 0. The first-order chi connectivity index (χ1) is 48.5. The molecule has 3 atom stereocenters. The maximum absolute atomic E-state index is 13.4. The molecule has 0 saturated carbocycles. The maximum Gasteiger partial charge on any atom is 0.442 e. The van der Waals surface area contributed by atoms with Crippen LogP contribution in [0.3, 0.4) is 0 Å². The van der Waals surface area contributed by atoms with Crippen LogP contribution in [0.15, 0.2) is 101 Å². The highest BCUT2D eigenvalue weighted by Gasteiger charge is 2.65. The molecule has 8 rings (SSSR count). The Morgan fingerprint density at radius 1 is 0.556 bits per heavy atom. The first-order valence-electron chi connectivity index (χ1n) is 34.1. The molecule has 4 aromatic rings. The third-order valence-electron chi connectivity index (χ3n) is 15.9. The number of alkyl halides is 3. The second-order valence-corrected chi connectivity index (χ2v) is 24.5. The van der Waals surface area contributed by atoms with Crippen molar-refractivity contribution < 1.29 is 93.9 Å². The smallest absolute Gasteiger partial charge is 0.442 e. The van der Waals surface area contributed by atoms with Crippen LogP contribution in [0.4, 0.5) is 23.7 Å². The molecule has 4 N–H and O–H groups in total. The molecule has 2 fully saturated rings. The molecule has 4 aliphatic heterocycles. The number of amides is 4. The van der Waals surface area contributed by atoms with Crippen molar-refractivity contribution in [3.05, 3.63) is 124 Å². The van der Waals surface area contributed by atoms with Crippen LogP contribution in [-0.4, -0.2) is 225 Å². The second kappa shape index (κ2) is 45.4. The van der Waals surface area contributed by atoms with E-state index in [9.17, 15) is 27.6 Å². The molecule has 0 radical (unpaired) electrons. The molecule has 0 spiro atoms. The van der Waals surface area contributed by atoms with Crippen LogP contribution < -0.4 is 35.6 Å². The van der Waals surface area contributed by atoms with Crippen LogP contribution in [0.1, 0.15) is 71.9 Å². The summed E-state index contributed by atoms with van der Waals surface area (Å²) in [4.78, 5) is 39.3. The van der Waals surface area contributed by atoms with Gasteiger partial charge in [0.1, 0.15) is 24.7 Å². The van der Waals surface area contributed by atoms with E-state index in [4.69, 9.17) is 66.3 Å². The van der Waals surface area contributed by atoms with Crippen LogP contribution in [0.2, 0.25) is 0 Å². The summed E-state index contributed by atoms with van der Waals surface area (Å²) in [6.07, 6.45) is 0.0948. The Bertz CT molecular complexity index is 3090. The zero-order valence-electron chi connectivity index (χ0n) is 56.4. The van der Waals surface area contributed by atoms with E-state index in [1.54, 1.807) is 17.0 Å². The minimum Gasteiger partial charge on any atom is -0.491 e. The molecule has 4 heterocycles. The number of halogens is 3. The molecule has 0 aliphatic carbocycles. The monoisotopic (exact) mass is 1410 g/mol. The summed E-state index contributed by atoms with van der Waals surface area (Å²) in [5, 5.41) is 19.2. The van der Waals surface area contributed by atoms with Gasteiger partial charge in [-0.25, -0.2) is 4.79 Å². The number of nitrogens with one attached hydrogen (secondary N) is 4. The molecule has 4 amide bonds. The summed E-state index contributed by atoms with van der Waals surface area (Å²) < 4.78 is 120. The fourth-order valence-corrected chi connectivity index (χ4v) is 12.2. The van der Waals surface area contributed by atoms with Crippen molar-refractivity contribution in [1.29, 1.82) is 0 Å². The fraction of sp³-hybridized carbons (Fsp3) is 0.592. The Labute approximate surface area is 582 Å². The van der Waals surface area contributed by atoms with Crippen molar-refractivity contribution in [3.63, 3.8) is 0 Å². The predicted molar refractivity (Wildman–Crippen MR) is 363 cm³/mol. The lowest BCUT2D eigenvalue weighted by molar-refractivity contribution is -0.166. The number of urea groups is 1. The van der Waals surface area contributed by atoms with Crippen molar-refractivity contribution in [2.75, 3.05) is 189 Å². The number of thioether (sulfide) groups is 1. The number of hydrogen-bond acceptors (Lipinski definition) is 21. The average Bonchev–Trinajstić information content (AvgIpc) is 1.58. The second-order valence-electron chi connectivity index (χ2n) is 23.3. The molecule has 0 aromatic heterocycles. The highest BCUT2D eigenvalue weighted by molar-refractivity contribution is 8.00. The minimum absolute atomic E-state index is 0.0207. The maximum atomic E-state index is 13.4. The minimum atomic E-state index is -4.56. The van der Waals surface area contributed by atoms with E-state index < -0.39 is 11.8 Å². The SMILES string of the molecule is O=C(CCOCCOCCOCCOCCNCc1cc(OCCOCCOCCOCCOCCCCC[C@@H]2SC[C@@H]3NC(=O)N[C@@H]32)cc(OCCOCCOCCOCCOCc2ccc(C3(C(F)(F)F)N=N3)cc2)c1)NCCC(=O)N1Cc2ccccc2C#Cc2ccccc21. The van der Waals surface area contributed by atoms with Crippen molar-refractivity contribution in [1.82, 2.24) is 21.3 Å². The first kappa shape index (κ1) is 78.2. The molecule has 0 bridgehead atoms. The molecular weight excluding hydrogens is 1310 g/mol. The number of unbranched alkanes of at least 4 members (excludes halogenated alkanes) is 2. The number of anilines is 1. The number of rotatable bonds is 55. The molecule has 24 nitrogen and oxygen atoms in total. The lowest BCUT2D eigenvalue weighted by Crippen LogP contribution is -2.36. The Morgan fingerprint density at radius 2 is 1.08 bits per heavy atom. The zero-order valence-corrected chi connectivity index (χ0v) is 57.2. The summed E-state index contributed by atoms with van der Waals surface area (Å²) >= 11 is 1.95.